The normalized spacial score (nSPS) is 22.0. The number of benzene rings is 2. The second kappa shape index (κ2) is 8.35. The molecule has 3 aliphatic rings. The first-order valence-electron chi connectivity index (χ1n) is 11.3. The summed E-state index contributed by atoms with van der Waals surface area (Å²) >= 11 is 6.49. The molecule has 9 nitrogen and oxygen atoms in total. The van der Waals surface area contributed by atoms with Crippen molar-refractivity contribution in [3.63, 3.8) is 0 Å². The zero-order valence-corrected chi connectivity index (χ0v) is 19.5. The highest BCUT2D eigenvalue weighted by molar-refractivity contribution is 6.30. The van der Waals surface area contributed by atoms with Gasteiger partial charge in [-0.1, -0.05) is 23.7 Å². The van der Waals surface area contributed by atoms with Gasteiger partial charge in [0.1, 0.15) is 11.6 Å². The van der Waals surface area contributed by atoms with Crippen LogP contribution in [-0.4, -0.2) is 77.0 Å². The molecule has 4 heterocycles. The molecule has 3 aliphatic heterocycles. The van der Waals surface area contributed by atoms with Gasteiger partial charge < -0.3 is 19.1 Å². The number of methoxy groups -OCH3 is 1. The fourth-order valence-electron chi connectivity index (χ4n) is 5.00. The molecule has 2 fully saturated rings. The highest BCUT2D eigenvalue weighted by Gasteiger charge is 2.50. The van der Waals surface area contributed by atoms with E-state index in [1.54, 1.807) is 16.7 Å². The van der Waals surface area contributed by atoms with E-state index in [2.05, 4.69) is 15.0 Å². The van der Waals surface area contributed by atoms with E-state index in [1.165, 1.54) is 0 Å². The first kappa shape index (κ1) is 21.5. The average Bonchev–Trinajstić information content (AvgIpc) is 3.47. The van der Waals surface area contributed by atoms with E-state index >= 15 is 0 Å². The van der Waals surface area contributed by atoms with Gasteiger partial charge in [-0.25, -0.2) is 9.67 Å². The fourth-order valence-corrected chi connectivity index (χ4v) is 5.17. The van der Waals surface area contributed by atoms with Crippen LogP contribution in [0.2, 0.25) is 5.02 Å². The van der Waals surface area contributed by atoms with Crippen molar-refractivity contribution in [3.05, 3.63) is 70.3 Å². The Morgan fingerprint density at radius 1 is 1.09 bits per heavy atom. The van der Waals surface area contributed by atoms with Gasteiger partial charge in [0.2, 0.25) is 5.82 Å². The van der Waals surface area contributed by atoms with Crippen LogP contribution in [0.5, 0.6) is 5.75 Å². The zero-order chi connectivity index (χ0) is 23.3. The molecule has 6 rings (SSSR count). The number of aromatic nitrogens is 3. The monoisotopic (exact) mass is 481 g/mol. The number of ether oxygens (including phenoxy) is 3. The van der Waals surface area contributed by atoms with Gasteiger partial charge in [-0.15, -0.1) is 5.10 Å². The summed E-state index contributed by atoms with van der Waals surface area (Å²) in [6.45, 7) is 3.82. The highest BCUT2D eigenvalue weighted by Crippen LogP contribution is 2.46. The standard InChI is InChI=1S/C24H24ClN5O4/c1-32-18-5-2-16(3-6-18)24-19-14-17(25)4-7-20(19)30-21(15-29(24)10-13-34-24)26-22(27-30)23(31)28-8-11-33-12-9-28/h2-7,14H,8-13,15H2,1H3. The molecular weight excluding hydrogens is 458 g/mol. The lowest BCUT2D eigenvalue weighted by Gasteiger charge is -2.37. The number of hydrogen-bond acceptors (Lipinski definition) is 7. The van der Waals surface area contributed by atoms with Crippen molar-refractivity contribution in [2.75, 3.05) is 46.6 Å². The number of morpholine rings is 1. The number of hydrogen-bond donors (Lipinski definition) is 0. The molecule has 1 atom stereocenters. The van der Waals surface area contributed by atoms with Gasteiger partial charge in [0, 0.05) is 35.8 Å². The minimum Gasteiger partial charge on any atom is -0.497 e. The molecule has 0 saturated carbocycles. The van der Waals surface area contributed by atoms with E-state index in [-0.39, 0.29) is 11.7 Å². The maximum atomic E-state index is 13.1. The number of fused-ring (bicyclic) bond motifs is 5. The van der Waals surface area contributed by atoms with Gasteiger partial charge in [0.15, 0.2) is 5.72 Å². The van der Waals surface area contributed by atoms with Crippen molar-refractivity contribution in [2.45, 2.75) is 12.3 Å². The van der Waals surface area contributed by atoms with Gasteiger partial charge in [0.05, 0.1) is 39.2 Å². The minimum atomic E-state index is -0.858. The number of nitrogens with zero attached hydrogens (tertiary/aromatic N) is 5. The maximum Gasteiger partial charge on any atom is 0.293 e. The molecule has 3 aromatic rings. The van der Waals surface area contributed by atoms with Crippen molar-refractivity contribution in [1.82, 2.24) is 24.6 Å². The largest absolute Gasteiger partial charge is 0.497 e. The summed E-state index contributed by atoms with van der Waals surface area (Å²) < 4.78 is 19.0. The van der Waals surface area contributed by atoms with Gasteiger partial charge in [-0.2, -0.15) is 0 Å². The first-order valence-corrected chi connectivity index (χ1v) is 11.6. The van der Waals surface area contributed by atoms with Gasteiger partial charge in [-0.05, 0) is 30.3 Å². The van der Waals surface area contributed by atoms with Crippen LogP contribution in [0.15, 0.2) is 42.5 Å². The topological polar surface area (TPSA) is 82.0 Å². The van der Waals surface area contributed by atoms with E-state index in [1.807, 2.05) is 42.5 Å². The second-order valence-corrected chi connectivity index (χ2v) is 8.91. The Morgan fingerprint density at radius 2 is 1.88 bits per heavy atom. The molecule has 34 heavy (non-hydrogen) atoms. The third-order valence-corrected chi connectivity index (χ3v) is 6.88. The predicted molar refractivity (Wildman–Crippen MR) is 123 cm³/mol. The van der Waals surface area contributed by atoms with Crippen LogP contribution in [-0.2, 0) is 21.7 Å². The van der Waals surface area contributed by atoms with Crippen LogP contribution in [0.3, 0.4) is 0 Å². The highest BCUT2D eigenvalue weighted by atomic mass is 35.5. The summed E-state index contributed by atoms with van der Waals surface area (Å²) in [5.41, 5.74) is 1.75. The quantitative estimate of drug-likeness (QED) is 0.568. The molecular formula is C24H24ClN5O4. The zero-order valence-electron chi connectivity index (χ0n) is 18.7. The molecule has 1 aromatic heterocycles. The Hall–Kier alpha value is -2.98. The molecule has 0 radical (unpaired) electrons. The van der Waals surface area contributed by atoms with Crippen molar-refractivity contribution >= 4 is 17.5 Å². The maximum absolute atomic E-state index is 13.1. The molecule has 10 heteroatoms. The number of halogens is 1. The van der Waals surface area contributed by atoms with Crippen LogP contribution >= 0.6 is 11.6 Å². The van der Waals surface area contributed by atoms with Crippen molar-refractivity contribution in [2.24, 2.45) is 0 Å². The molecule has 1 amide bonds. The number of rotatable bonds is 3. The number of carbonyl (C=O) groups is 1. The first-order chi connectivity index (χ1) is 16.6. The molecule has 0 N–H and O–H groups in total. The van der Waals surface area contributed by atoms with Gasteiger partial charge >= 0.3 is 0 Å². The summed E-state index contributed by atoms with van der Waals surface area (Å²) in [7, 11) is 1.65. The molecule has 1 unspecified atom stereocenters. The third kappa shape index (κ3) is 3.31. The Balaban J connectivity index is 1.49. The lowest BCUT2D eigenvalue weighted by molar-refractivity contribution is -0.0551. The van der Waals surface area contributed by atoms with Crippen LogP contribution in [0.1, 0.15) is 27.6 Å². The van der Waals surface area contributed by atoms with E-state index < -0.39 is 5.72 Å². The van der Waals surface area contributed by atoms with Crippen LogP contribution in [0, 0.1) is 0 Å². The smallest absolute Gasteiger partial charge is 0.293 e. The van der Waals surface area contributed by atoms with Gasteiger partial charge in [0.25, 0.3) is 5.91 Å². The summed E-state index contributed by atoms with van der Waals surface area (Å²) in [5, 5.41) is 5.26. The summed E-state index contributed by atoms with van der Waals surface area (Å²) in [6, 6.07) is 13.5. The van der Waals surface area contributed by atoms with E-state index in [0.717, 1.165) is 22.6 Å². The number of amides is 1. The molecule has 0 aliphatic carbocycles. The van der Waals surface area contributed by atoms with Crippen molar-refractivity contribution in [3.8, 4) is 11.4 Å². The van der Waals surface area contributed by atoms with E-state index in [0.29, 0.717) is 56.8 Å². The Labute approximate surface area is 201 Å². The predicted octanol–water partition coefficient (Wildman–Crippen LogP) is 2.45. The fraction of sp³-hybridized carbons (Fsp3) is 0.375. The SMILES string of the molecule is COc1ccc(C23OCCN2Cc2nc(C(=O)N4CCOCC4)nn2-c2ccc(Cl)cc23)cc1. The van der Waals surface area contributed by atoms with E-state index in [9.17, 15) is 4.79 Å². The van der Waals surface area contributed by atoms with Crippen molar-refractivity contribution in [1.29, 1.82) is 0 Å². The lowest BCUT2D eigenvalue weighted by Crippen LogP contribution is -2.42. The Morgan fingerprint density at radius 3 is 2.65 bits per heavy atom. The summed E-state index contributed by atoms with van der Waals surface area (Å²) in [5.74, 6) is 1.46. The Kier molecular flexibility index (Phi) is 5.29. The summed E-state index contributed by atoms with van der Waals surface area (Å²) in [6.07, 6.45) is 0. The van der Waals surface area contributed by atoms with Crippen LogP contribution in [0.25, 0.3) is 5.69 Å². The van der Waals surface area contributed by atoms with E-state index in [4.69, 9.17) is 25.8 Å². The third-order valence-electron chi connectivity index (χ3n) is 6.65. The van der Waals surface area contributed by atoms with Gasteiger partial charge in [-0.3, -0.25) is 9.69 Å². The number of carbonyl (C=O) groups excluding carboxylic acids is 1. The lowest BCUT2D eigenvalue weighted by atomic mass is 9.91. The molecule has 2 saturated heterocycles. The molecule has 2 aromatic carbocycles. The average molecular weight is 482 g/mol. The second-order valence-electron chi connectivity index (χ2n) is 8.47. The minimum absolute atomic E-state index is 0.182. The Bertz CT molecular complexity index is 1240. The molecule has 176 valence electrons. The molecule has 0 spiro atoms. The van der Waals surface area contributed by atoms with Crippen LogP contribution in [0.4, 0.5) is 0 Å². The van der Waals surface area contributed by atoms with Crippen LogP contribution < -0.4 is 4.74 Å². The summed E-state index contributed by atoms with van der Waals surface area (Å²) in [4.78, 5) is 21.8. The van der Waals surface area contributed by atoms with Crippen molar-refractivity contribution < 1.29 is 19.0 Å². The molecule has 0 bridgehead atoms.